The van der Waals surface area contributed by atoms with Crippen molar-refractivity contribution in [2.75, 3.05) is 13.7 Å². The second kappa shape index (κ2) is 7.30. The Kier molecular flexibility index (Phi) is 5.92. The molecule has 3 heterocycles. The van der Waals surface area contributed by atoms with Crippen molar-refractivity contribution >= 4 is 23.0 Å². The van der Waals surface area contributed by atoms with E-state index in [0.29, 0.717) is 12.8 Å². The summed E-state index contributed by atoms with van der Waals surface area (Å²) in [6, 6.07) is 8.86. The molecular weight excluding hydrogens is 394 g/mol. The van der Waals surface area contributed by atoms with Gasteiger partial charge in [0, 0.05) is 12.8 Å². The number of benzene rings is 1. The molecule has 25 heavy (non-hydrogen) atoms. The number of ether oxygens (including phenoxy) is 2. The minimum absolute atomic E-state index is 0. The van der Waals surface area contributed by atoms with Crippen LogP contribution in [0.15, 0.2) is 30.3 Å². The lowest BCUT2D eigenvalue weighted by Crippen LogP contribution is -2.58. The van der Waals surface area contributed by atoms with Gasteiger partial charge in [-0.05, 0) is 5.56 Å². The second-order valence-corrected chi connectivity index (χ2v) is 6.94. The van der Waals surface area contributed by atoms with Gasteiger partial charge in [0.25, 0.3) is 0 Å². The first-order valence-electron chi connectivity index (χ1n) is 8.11. The zero-order chi connectivity index (χ0) is 16.2. The zero-order valence-corrected chi connectivity index (χ0v) is 15.6. The fourth-order valence-corrected chi connectivity index (χ4v) is 4.25. The third-order valence-electron chi connectivity index (χ3n) is 5.60. The highest BCUT2D eigenvalue weighted by molar-refractivity contribution is 8.93. The quantitative estimate of drug-likeness (QED) is 0.335. The molecule has 1 unspecified atom stereocenters. The number of esters is 1. The molecule has 0 radical (unpaired) electrons. The van der Waals surface area contributed by atoms with Crippen LogP contribution in [0.1, 0.15) is 24.3 Å². The summed E-state index contributed by atoms with van der Waals surface area (Å²) < 4.78 is 10.9. The molecule has 0 spiro atoms. The van der Waals surface area contributed by atoms with Gasteiger partial charge in [0.15, 0.2) is 0 Å². The van der Waals surface area contributed by atoms with Crippen LogP contribution in [0.4, 0.5) is 0 Å². The van der Waals surface area contributed by atoms with Gasteiger partial charge < -0.3 is 29.9 Å². The van der Waals surface area contributed by atoms with E-state index in [4.69, 9.17) is 9.47 Å². The number of rotatable bonds is 4. The maximum Gasteiger partial charge on any atom is 0.316 e. The van der Waals surface area contributed by atoms with Crippen molar-refractivity contribution in [3.05, 3.63) is 41.1 Å². The first-order chi connectivity index (χ1) is 11.0. The van der Waals surface area contributed by atoms with Crippen LogP contribution in [0.2, 0.25) is 0 Å². The van der Waals surface area contributed by atoms with Crippen molar-refractivity contribution in [2.45, 2.75) is 49.2 Å². The summed E-state index contributed by atoms with van der Waals surface area (Å²) in [5.41, 5.74) is 0.745. The zero-order valence-electron chi connectivity index (χ0n) is 13.9. The number of likely N-dealkylation sites (N-methyl/N-ethyl adjacent to an activating group) is 1. The van der Waals surface area contributed by atoms with Gasteiger partial charge >= 0.3 is 5.97 Å². The predicted octanol–water partition coefficient (Wildman–Crippen LogP) is 0.684. The lowest BCUT2D eigenvalue weighted by Gasteiger charge is -2.51. The SMILES string of the molecule is Br.C[N+]1([O-])[C@@H]2C[C@@H](OC(=O)[C@H](CO)c3ccccc3)C[C@H]1[C@@H]1O[C@@H]12.O. The minimum atomic E-state index is -0.672. The number of epoxide rings is 1. The van der Waals surface area contributed by atoms with Gasteiger partial charge in [0.2, 0.25) is 0 Å². The average Bonchev–Trinajstić information content (AvgIpc) is 3.27. The van der Waals surface area contributed by atoms with Crippen LogP contribution < -0.4 is 0 Å². The molecule has 3 aliphatic rings. The molecule has 1 aromatic rings. The van der Waals surface area contributed by atoms with E-state index in [-0.39, 0.29) is 64.1 Å². The molecule has 0 saturated carbocycles. The number of carbonyl (C=O) groups is 1. The van der Waals surface area contributed by atoms with E-state index in [1.807, 2.05) is 18.2 Å². The van der Waals surface area contributed by atoms with Gasteiger partial charge in [0.1, 0.15) is 36.3 Å². The van der Waals surface area contributed by atoms with E-state index in [2.05, 4.69) is 0 Å². The highest BCUT2D eigenvalue weighted by Crippen LogP contribution is 2.52. The van der Waals surface area contributed by atoms with Crippen LogP contribution >= 0.6 is 17.0 Å². The molecule has 7 nitrogen and oxygen atoms in total. The van der Waals surface area contributed by atoms with Gasteiger partial charge in [-0.3, -0.25) is 4.79 Å². The van der Waals surface area contributed by atoms with Crippen LogP contribution in [0, 0.1) is 5.21 Å². The normalized spacial score (nSPS) is 38.6. The lowest BCUT2D eigenvalue weighted by atomic mass is 9.97. The number of piperidine rings is 1. The number of hydrogen-bond acceptors (Lipinski definition) is 5. The van der Waals surface area contributed by atoms with Gasteiger partial charge in [-0.2, -0.15) is 0 Å². The molecule has 4 rings (SSSR count). The molecule has 0 amide bonds. The number of halogens is 1. The number of fused-ring (bicyclic) bond motifs is 5. The van der Waals surface area contributed by atoms with Crippen LogP contribution in [0.3, 0.4) is 0 Å². The van der Waals surface area contributed by atoms with E-state index in [1.54, 1.807) is 19.2 Å². The number of nitrogens with zero attached hydrogens (tertiary/aromatic N) is 1. The first-order valence-corrected chi connectivity index (χ1v) is 8.11. The van der Waals surface area contributed by atoms with E-state index in [0.717, 1.165) is 5.56 Å². The van der Waals surface area contributed by atoms with Crippen LogP contribution in [-0.2, 0) is 14.3 Å². The second-order valence-electron chi connectivity index (χ2n) is 6.94. The smallest absolute Gasteiger partial charge is 0.316 e. The van der Waals surface area contributed by atoms with E-state index >= 15 is 0 Å². The van der Waals surface area contributed by atoms with Crippen LogP contribution in [0.25, 0.3) is 0 Å². The third kappa shape index (κ3) is 3.34. The Morgan fingerprint density at radius 2 is 1.88 bits per heavy atom. The molecule has 7 atom stereocenters. The number of carbonyl (C=O) groups excluding carboxylic acids is 1. The Balaban J connectivity index is 0.00000113. The fraction of sp³-hybridized carbons (Fsp3) is 0.588. The summed E-state index contributed by atoms with van der Waals surface area (Å²) in [7, 11) is 1.70. The number of quaternary nitrogens is 1. The maximum absolute atomic E-state index is 12.6. The average molecular weight is 418 g/mol. The summed E-state index contributed by atoms with van der Waals surface area (Å²) >= 11 is 0. The molecule has 3 N–H and O–H groups in total. The summed E-state index contributed by atoms with van der Waals surface area (Å²) in [6.07, 6.45) is 0.891. The van der Waals surface area contributed by atoms with Crippen molar-refractivity contribution < 1.29 is 29.5 Å². The number of hydroxylamine groups is 3. The first kappa shape index (κ1) is 20.3. The number of morpholine rings is 1. The standard InChI is InChI=1S/C17H21NO5.BrH.H2O/c1-18(21)13-7-11(8-14(18)16-15(13)23-16)22-17(20)12(9-19)10-5-3-2-4-6-10;;/h2-6,11-16,19H,7-9H2,1H3;1H;1H2/t11-,12-,13-,14+,15-,16+,18?;;/m1../s1. The van der Waals surface area contributed by atoms with E-state index < -0.39 is 11.9 Å². The topological polar surface area (TPSA) is 114 Å². The molecule has 8 heteroatoms. The van der Waals surface area contributed by atoms with Gasteiger partial charge in [-0.25, -0.2) is 0 Å². The van der Waals surface area contributed by atoms with Crippen molar-refractivity contribution in [2.24, 2.45) is 0 Å². The largest absolute Gasteiger partial charge is 0.632 e. The predicted molar refractivity (Wildman–Crippen MR) is 95.1 cm³/mol. The van der Waals surface area contributed by atoms with Gasteiger partial charge in [-0.1, -0.05) is 30.3 Å². The Bertz CT molecular complexity index is 592. The molecule has 1 aromatic carbocycles. The van der Waals surface area contributed by atoms with E-state index in [1.165, 1.54) is 0 Å². The summed E-state index contributed by atoms with van der Waals surface area (Å²) in [5, 5.41) is 22.2. The number of aliphatic hydroxyl groups excluding tert-OH is 1. The molecule has 2 bridgehead atoms. The Labute approximate surface area is 156 Å². The fourth-order valence-electron chi connectivity index (χ4n) is 4.25. The van der Waals surface area contributed by atoms with Crippen LogP contribution in [0.5, 0.6) is 0 Å². The van der Waals surface area contributed by atoms with Crippen LogP contribution in [-0.4, -0.2) is 65.2 Å². The molecule has 3 aliphatic heterocycles. The molecule has 3 saturated heterocycles. The highest BCUT2D eigenvalue weighted by Gasteiger charge is 2.69. The Morgan fingerprint density at radius 3 is 2.40 bits per heavy atom. The van der Waals surface area contributed by atoms with Crippen molar-refractivity contribution in [1.29, 1.82) is 0 Å². The van der Waals surface area contributed by atoms with E-state index in [9.17, 15) is 15.1 Å². The van der Waals surface area contributed by atoms with Crippen molar-refractivity contribution in [1.82, 2.24) is 0 Å². The lowest BCUT2D eigenvalue weighted by molar-refractivity contribution is -0.911. The maximum atomic E-state index is 12.6. The molecule has 0 aliphatic carbocycles. The molecule has 140 valence electrons. The monoisotopic (exact) mass is 417 g/mol. The Morgan fingerprint density at radius 1 is 1.32 bits per heavy atom. The summed E-state index contributed by atoms with van der Waals surface area (Å²) in [6.45, 7) is -0.286. The number of hydrogen-bond donors (Lipinski definition) is 1. The summed E-state index contributed by atoms with van der Waals surface area (Å²) in [4.78, 5) is 12.4. The highest BCUT2D eigenvalue weighted by atomic mass is 79.9. The van der Waals surface area contributed by atoms with Crippen molar-refractivity contribution in [3.8, 4) is 0 Å². The minimum Gasteiger partial charge on any atom is -0.632 e. The van der Waals surface area contributed by atoms with Gasteiger partial charge in [-0.15, -0.1) is 17.0 Å². The van der Waals surface area contributed by atoms with Crippen molar-refractivity contribution in [3.63, 3.8) is 0 Å². The molecule has 0 aromatic heterocycles. The summed E-state index contributed by atoms with van der Waals surface area (Å²) in [5.74, 6) is -1.09. The Hall–Kier alpha value is -1.03. The number of aliphatic hydroxyl groups is 1. The van der Waals surface area contributed by atoms with Gasteiger partial charge in [0.05, 0.1) is 13.7 Å². The third-order valence-corrected chi connectivity index (χ3v) is 5.60. The molecule has 3 fully saturated rings. The molecular formula is C17H24BrNO6.